The summed E-state index contributed by atoms with van der Waals surface area (Å²) in [6.07, 6.45) is 0.331. The summed E-state index contributed by atoms with van der Waals surface area (Å²) in [7, 11) is 1.32. The van der Waals surface area contributed by atoms with E-state index < -0.39 is 0 Å². The normalized spacial score (nSPS) is 10.1. The van der Waals surface area contributed by atoms with Crippen LogP contribution in [0, 0.1) is 0 Å². The number of ketones is 1. The molecule has 0 N–H and O–H groups in total. The van der Waals surface area contributed by atoms with E-state index in [2.05, 4.69) is 20.7 Å². The summed E-state index contributed by atoms with van der Waals surface area (Å²) in [6.45, 7) is 0. The van der Waals surface area contributed by atoms with Crippen LogP contribution in [-0.2, 0) is 16.0 Å². The Morgan fingerprint density at radius 2 is 2.12 bits per heavy atom. The van der Waals surface area contributed by atoms with Crippen LogP contribution in [0.1, 0.15) is 22.3 Å². The summed E-state index contributed by atoms with van der Waals surface area (Å²) < 4.78 is 5.27. The van der Waals surface area contributed by atoms with Crippen LogP contribution in [0.3, 0.4) is 0 Å². The Kier molecular flexibility index (Phi) is 5.65. The molecule has 1 aromatic carbocycles. The maximum Gasteiger partial charge on any atom is 0.310 e. The van der Waals surface area contributed by atoms with Crippen molar-refractivity contribution in [3.8, 4) is 0 Å². The minimum absolute atomic E-state index is 0.0774. The van der Waals surface area contributed by atoms with Gasteiger partial charge in [0.15, 0.2) is 5.78 Å². The third-order valence-electron chi connectivity index (χ3n) is 2.26. The smallest absolute Gasteiger partial charge is 0.310 e. The molecule has 0 amide bonds. The fraction of sp³-hybridized carbons (Fsp3) is 0.333. The first-order valence-electron chi connectivity index (χ1n) is 5.03. The summed E-state index contributed by atoms with van der Waals surface area (Å²) in [5, 5.41) is 0. The quantitative estimate of drug-likeness (QED) is 0.476. The zero-order valence-electron chi connectivity index (χ0n) is 9.33. The molecule has 1 aromatic rings. The molecule has 0 aliphatic heterocycles. The van der Waals surface area contributed by atoms with Gasteiger partial charge < -0.3 is 4.74 Å². The van der Waals surface area contributed by atoms with Crippen molar-refractivity contribution in [1.29, 1.82) is 0 Å². The number of methoxy groups -OCH3 is 1. The average Bonchev–Trinajstić information content (AvgIpc) is 2.29. The first-order chi connectivity index (χ1) is 8.10. The molecule has 0 spiro atoms. The maximum atomic E-state index is 11.9. The van der Waals surface area contributed by atoms with Gasteiger partial charge in [-0.2, -0.15) is 0 Å². The van der Waals surface area contributed by atoms with E-state index in [4.69, 9.17) is 11.6 Å². The number of rotatable bonds is 5. The minimum Gasteiger partial charge on any atom is -0.469 e. The first kappa shape index (κ1) is 14.2. The van der Waals surface area contributed by atoms with E-state index in [9.17, 15) is 9.59 Å². The Labute approximate surface area is 113 Å². The van der Waals surface area contributed by atoms with Crippen LogP contribution in [0.5, 0.6) is 0 Å². The van der Waals surface area contributed by atoms with Gasteiger partial charge in [0.05, 0.1) is 13.5 Å². The number of hydrogen-bond acceptors (Lipinski definition) is 3. The Balaban J connectivity index is 3.08. The zero-order valence-corrected chi connectivity index (χ0v) is 11.7. The number of carbonyl (C=O) groups excluding carboxylic acids is 2. The average molecular weight is 320 g/mol. The van der Waals surface area contributed by atoms with Gasteiger partial charge in [0.1, 0.15) is 0 Å². The van der Waals surface area contributed by atoms with E-state index in [0.717, 1.165) is 0 Å². The van der Waals surface area contributed by atoms with E-state index in [1.54, 1.807) is 18.2 Å². The summed E-state index contributed by atoms with van der Waals surface area (Å²) in [5.74, 6) is -0.188. The molecule has 0 bridgehead atoms. The highest BCUT2D eigenvalue weighted by Gasteiger charge is 2.16. The molecule has 0 aromatic heterocycles. The van der Waals surface area contributed by atoms with Gasteiger partial charge in [-0.3, -0.25) is 9.59 Å². The predicted octanol–water partition coefficient (Wildman–Crippen LogP) is 2.98. The molecule has 0 saturated heterocycles. The highest BCUT2D eigenvalue weighted by atomic mass is 79.9. The lowest BCUT2D eigenvalue weighted by Crippen LogP contribution is -2.11. The molecule has 3 nitrogen and oxygen atoms in total. The molecule has 0 aliphatic rings. The van der Waals surface area contributed by atoms with Crippen LogP contribution in [0.4, 0.5) is 0 Å². The number of carbonyl (C=O) groups is 2. The fourth-order valence-electron chi connectivity index (χ4n) is 1.47. The Bertz CT molecular complexity index is 432. The van der Waals surface area contributed by atoms with Crippen LogP contribution < -0.4 is 0 Å². The molecule has 0 saturated carbocycles. The highest BCUT2D eigenvalue weighted by molar-refractivity contribution is 9.10. The summed E-state index contributed by atoms with van der Waals surface area (Å²) in [5.41, 5.74) is 1.17. The molecular formula is C12H12BrClO3. The second-order valence-electron chi connectivity index (χ2n) is 3.39. The lowest BCUT2D eigenvalue weighted by Gasteiger charge is -2.09. The molecule has 0 atom stereocenters. The SMILES string of the molecule is COC(=O)Cc1cccc(Br)c1C(=O)CCCl. The van der Waals surface area contributed by atoms with Crippen molar-refractivity contribution in [2.24, 2.45) is 0 Å². The molecule has 92 valence electrons. The van der Waals surface area contributed by atoms with Crippen molar-refractivity contribution in [2.45, 2.75) is 12.8 Å². The van der Waals surface area contributed by atoms with Gasteiger partial charge in [0, 0.05) is 22.3 Å². The summed E-state index contributed by atoms with van der Waals surface area (Å²) >= 11 is 8.87. The number of alkyl halides is 1. The molecule has 17 heavy (non-hydrogen) atoms. The Hall–Kier alpha value is -0.870. The van der Waals surface area contributed by atoms with Crippen LogP contribution in [0.2, 0.25) is 0 Å². The number of ether oxygens (including phenoxy) is 1. The van der Waals surface area contributed by atoms with Crippen molar-refractivity contribution in [3.05, 3.63) is 33.8 Å². The summed E-state index contributed by atoms with van der Waals surface area (Å²) in [6, 6.07) is 5.28. The molecule has 5 heteroatoms. The van der Waals surface area contributed by atoms with E-state index in [1.165, 1.54) is 7.11 Å². The molecule has 0 unspecified atom stereocenters. The fourth-order valence-corrected chi connectivity index (χ4v) is 2.27. The van der Waals surface area contributed by atoms with E-state index in [1.807, 2.05) is 0 Å². The van der Waals surface area contributed by atoms with Gasteiger partial charge in [0.2, 0.25) is 0 Å². The van der Waals surface area contributed by atoms with Gasteiger partial charge in [-0.1, -0.05) is 28.1 Å². The van der Waals surface area contributed by atoms with Crippen molar-refractivity contribution in [2.75, 3.05) is 13.0 Å². The van der Waals surface area contributed by atoms with Gasteiger partial charge in [-0.15, -0.1) is 11.6 Å². The number of esters is 1. The predicted molar refractivity (Wildman–Crippen MR) is 69.5 cm³/mol. The number of hydrogen-bond donors (Lipinski definition) is 0. The molecule has 0 aliphatic carbocycles. The van der Waals surface area contributed by atoms with E-state index in [-0.39, 0.29) is 30.5 Å². The molecule has 0 heterocycles. The van der Waals surface area contributed by atoms with Crippen molar-refractivity contribution in [3.63, 3.8) is 0 Å². The molecule has 1 rings (SSSR count). The van der Waals surface area contributed by atoms with Crippen molar-refractivity contribution in [1.82, 2.24) is 0 Å². The van der Waals surface area contributed by atoms with Crippen LogP contribution in [-0.4, -0.2) is 24.7 Å². The molecule has 0 radical (unpaired) electrons. The van der Waals surface area contributed by atoms with E-state index >= 15 is 0 Å². The third kappa shape index (κ3) is 3.82. The number of halogens is 2. The lowest BCUT2D eigenvalue weighted by molar-refractivity contribution is -0.139. The van der Waals surface area contributed by atoms with Crippen LogP contribution in [0.15, 0.2) is 22.7 Å². The van der Waals surface area contributed by atoms with Gasteiger partial charge in [-0.05, 0) is 11.6 Å². The monoisotopic (exact) mass is 318 g/mol. The Morgan fingerprint density at radius 3 is 2.71 bits per heavy atom. The maximum absolute atomic E-state index is 11.9. The van der Waals surface area contributed by atoms with Crippen molar-refractivity contribution < 1.29 is 14.3 Å². The standard InChI is InChI=1S/C12H12BrClO3/c1-17-11(16)7-8-3-2-4-9(13)12(8)10(15)5-6-14/h2-4H,5-7H2,1H3. The Morgan fingerprint density at radius 1 is 1.41 bits per heavy atom. The number of benzene rings is 1. The van der Waals surface area contributed by atoms with E-state index in [0.29, 0.717) is 15.6 Å². The van der Waals surface area contributed by atoms with Gasteiger partial charge in [0.25, 0.3) is 0 Å². The first-order valence-corrected chi connectivity index (χ1v) is 6.36. The van der Waals surface area contributed by atoms with Gasteiger partial charge >= 0.3 is 5.97 Å². The second kappa shape index (κ2) is 6.77. The topological polar surface area (TPSA) is 43.4 Å². The van der Waals surface area contributed by atoms with Crippen molar-refractivity contribution >= 4 is 39.3 Å². The largest absolute Gasteiger partial charge is 0.469 e. The lowest BCUT2D eigenvalue weighted by atomic mass is 10.00. The summed E-state index contributed by atoms with van der Waals surface area (Å²) in [4.78, 5) is 23.1. The minimum atomic E-state index is -0.372. The van der Waals surface area contributed by atoms with Crippen LogP contribution >= 0.6 is 27.5 Å². The highest BCUT2D eigenvalue weighted by Crippen LogP contribution is 2.23. The van der Waals surface area contributed by atoms with Gasteiger partial charge in [-0.25, -0.2) is 0 Å². The third-order valence-corrected chi connectivity index (χ3v) is 3.11. The second-order valence-corrected chi connectivity index (χ2v) is 4.62. The van der Waals surface area contributed by atoms with Crippen LogP contribution in [0.25, 0.3) is 0 Å². The zero-order chi connectivity index (χ0) is 12.8. The molecule has 0 fully saturated rings. The number of Topliss-reactive ketones (excluding diaryl/α,β-unsaturated/α-hetero) is 1. The molecular weight excluding hydrogens is 307 g/mol.